The molecule has 5 heteroatoms. The minimum absolute atomic E-state index is 0.641. The van der Waals surface area contributed by atoms with Gasteiger partial charge in [-0.2, -0.15) is 4.98 Å². The van der Waals surface area contributed by atoms with Crippen molar-refractivity contribution in [2.24, 2.45) is 0 Å². The van der Waals surface area contributed by atoms with Crippen LogP contribution in [0, 0.1) is 0 Å². The Hall–Kier alpha value is -1.39. The Morgan fingerprint density at radius 2 is 2.00 bits per heavy atom. The average molecular weight is 292 g/mol. The van der Waals surface area contributed by atoms with Gasteiger partial charge in [0.25, 0.3) is 0 Å². The van der Waals surface area contributed by atoms with E-state index in [1.54, 1.807) is 0 Å². The summed E-state index contributed by atoms with van der Waals surface area (Å²) in [6.45, 7) is 3.65. The molecule has 20 heavy (non-hydrogen) atoms. The predicted octanol–water partition coefficient (Wildman–Crippen LogP) is 3.45. The van der Waals surface area contributed by atoms with Gasteiger partial charge in [-0.15, -0.1) is 0 Å². The van der Waals surface area contributed by atoms with Gasteiger partial charge in [-0.1, -0.05) is 35.8 Å². The van der Waals surface area contributed by atoms with Crippen molar-refractivity contribution in [3.63, 3.8) is 0 Å². The second-order valence-corrected chi connectivity index (χ2v) is 5.66. The first kappa shape index (κ1) is 13.6. The molecule has 0 atom stereocenters. The molecule has 0 unspecified atom stereocenters. The topological polar surface area (TPSA) is 42.2 Å². The van der Waals surface area contributed by atoms with Gasteiger partial charge in [0.15, 0.2) is 5.82 Å². The highest BCUT2D eigenvalue weighted by Crippen LogP contribution is 2.29. The minimum Gasteiger partial charge on any atom is -0.338 e. The molecule has 0 spiro atoms. The fourth-order valence-electron chi connectivity index (χ4n) is 2.25. The standard InChI is InChI=1S/C15H18ClN3O/c1-2-14-17-15(20-18-14)10-19(13-7-8-13)9-11-3-5-12(16)6-4-11/h3-6,13H,2,7-10H2,1H3. The van der Waals surface area contributed by atoms with Crippen LogP contribution in [0.25, 0.3) is 0 Å². The number of hydrogen-bond donors (Lipinski definition) is 0. The summed E-state index contributed by atoms with van der Waals surface area (Å²) < 4.78 is 5.30. The van der Waals surface area contributed by atoms with Gasteiger partial charge in [0.05, 0.1) is 6.54 Å². The van der Waals surface area contributed by atoms with Crippen LogP contribution in [0.2, 0.25) is 5.02 Å². The lowest BCUT2D eigenvalue weighted by molar-refractivity contribution is 0.209. The molecule has 0 saturated heterocycles. The smallest absolute Gasteiger partial charge is 0.240 e. The van der Waals surface area contributed by atoms with Crippen LogP contribution in [-0.2, 0) is 19.5 Å². The maximum absolute atomic E-state index is 5.92. The zero-order valence-corrected chi connectivity index (χ0v) is 12.3. The fourth-order valence-corrected chi connectivity index (χ4v) is 2.38. The molecule has 1 heterocycles. The predicted molar refractivity (Wildman–Crippen MR) is 77.4 cm³/mol. The summed E-state index contributed by atoms with van der Waals surface area (Å²) in [4.78, 5) is 6.79. The van der Waals surface area contributed by atoms with Gasteiger partial charge in [-0.05, 0) is 30.5 Å². The highest BCUT2D eigenvalue weighted by Gasteiger charge is 2.30. The highest BCUT2D eigenvalue weighted by atomic mass is 35.5. The van der Waals surface area contributed by atoms with Gasteiger partial charge in [0.1, 0.15) is 0 Å². The maximum atomic E-state index is 5.92. The lowest BCUT2D eigenvalue weighted by Gasteiger charge is -2.19. The van der Waals surface area contributed by atoms with Crippen molar-refractivity contribution in [3.8, 4) is 0 Å². The van der Waals surface area contributed by atoms with E-state index in [1.807, 2.05) is 19.1 Å². The van der Waals surface area contributed by atoms with Gasteiger partial charge in [-0.3, -0.25) is 4.90 Å². The van der Waals surface area contributed by atoms with E-state index < -0.39 is 0 Å². The van der Waals surface area contributed by atoms with Crippen molar-refractivity contribution >= 4 is 11.6 Å². The summed E-state index contributed by atoms with van der Waals surface area (Å²) in [6.07, 6.45) is 3.31. The Labute approximate surface area is 123 Å². The molecule has 0 amide bonds. The summed E-state index contributed by atoms with van der Waals surface area (Å²) in [5.74, 6) is 1.49. The molecule has 1 saturated carbocycles. The second kappa shape index (κ2) is 5.94. The molecule has 0 bridgehead atoms. The van der Waals surface area contributed by atoms with Crippen molar-refractivity contribution in [2.75, 3.05) is 0 Å². The zero-order chi connectivity index (χ0) is 13.9. The van der Waals surface area contributed by atoms with Crippen molar-refractivity contribution < 1.29 is 4.52 Å². The Kier molecular flexibility index (Phi) is 4.03. The van der Waals surface area contributed by atoms with Crippen LogP contribution >= 0.6 is 11.6 Å². The first-order valence-corrected chi connectivity index (χ1v) is 7.42. The summed E-state index contributed by atoms with van der Waals surface area (Å²) in [6, 6.07) is 8.65. The number of nitrogens with zero attached hydrogens (tertiary/aromatic N) is 3. The number of hydrogen-bond acceptors (Lipinski definition) is 4. The number of halogens is 1. The Morgan fingerprint density at radius 1 is 1.25 bits per heavy atom. The van der Waals surface area contributed by atoms with Crippen molar-refractivity contribution in [1.29, 1.82) is 0 Å². The summed E-state index contributed by atoms with van der Waals surface area (Å²) in [5.41, 5.74) is 1.26. The first-order valence-electron chi connectivity index (χ1n) is 7.04. The van der Waals surface area contributed by atoms with Crippen LogP contribution < -0.4 is 0 Å². The number of aryl methyl sites for hydroxylation is 1. The largest absolute Gasteiger partial charge is 0.338 e. The molecule has 0 N–H and O–H groups in total. The first-order chi connectivity index (χ1) is 9.74. The normalized spacial score (nSPS) is 14.9. The van der Waals surface area contributed by atoms with E-state index in [0.29, 0.717) is 11.9 Å². The van der Waals surface area contributed by atoms with Gasteiger partial charge in [0, 0.05) is 24.0 Å². The van der Waals surface area contributed by atoms with Crippen LogP contribution in [0.4, 0.5) is 0 Å². The third kappa shape index (κ3) is 3.38. The quantitative estimate of drug-likeness (QED) is 0.817. The Morgan fingerprint density at radius 3 is 2.60 bits per heavy atom. The molecule has 3 rings (SSSR count). The average Bonchev–Trinajstić information content (AvgIpc) is 3.21. The van der Waals surface area contributed by atoms with E-state index >= 15 is 0 Å². The highest BCUT2D eigenvalue weighted by molar-refractivity contribution is 6.30. The molecular weight excluding hydrogens is 274 g/mol. The van der Waals surface area contributed by atoms with Gasteiger partial charge in [-0.25, -0.2) is 0 Å². The number of aromatic nitrogens is 2. The Bertz CT molecular complexity index is 563. The molecule has 1 aliphatic rings. The van der Waals surface area contributed by atoms with Gasteiger partial charge < -0.3 is 4.52 Å². The zero-order valence-electron chi connectivity index (χ0n) is 11.6. The maximum Gasteiger partial charge on any atom is 0.240 e. The number of benzene rings is 1. The van der Waals surface area contributed by atoms with Crippen molar-refractivity contribution in [3.05, 3.63) is 46.6 Å². The molecule has 1 fully saturated rings. The third-order valence-electron chi connectivity index (χ3n) is 3.53. The van der Waals surface area contributed by atoms with Crippen molar-refractivity contribution in [2.45, 2.75) is 45.3 Å². The minimum atomic E-state index is 0.641. The molecule has 4 nitrogen and oxygen atoms in total. The molecular formula is C15H18ClN3O. The third-order valence-corrected chi connectivity index (χ3v) is 3.78. The van der Waals surface area contributed by atoms with E-state index in [9.17, 15) is 0 Å². The summed E-state index contributed by atoms with van der Waals surface area (Å²) >= 11 is 5.92. The van der Waals surface area contributed by atoms with Crippen LogP contribution in [0.15, 0.2) is 28.8 Å². The lowest BCUT2D eigenvalue weighted by atomic mass is 10.2. The number of rotatable bonds is 6. The van der Waals surface area contributed by atoms with Crippen LogP contribution in [-0.4, -0.2) is 21.1 Å². The molecule has 0 aliphatic heterocycles. The van der Waals surface area contributed by atoms with Crippen LogP contribution in [0.3, 0.4) is 0 Å². The van der Waals surface area contributed by atoms with E-state index in [0.717, 1.165) is 30.4 Å². The van der Waals surface area contributed by atoms with E-state index in [-0.39, 0.29) is 0 Å². The summed E-state index contributed by atoms with van der Waals surface area (Å²) in [7, 11) is 0. The van der Waals surface area contributed by atoms with E-state index in [4.69, 9.17) is 16.1 Å². The SMILES string of the molecule is CCc1noc(CN(Cc2ccc(Cl)cc2)C2CC2)n1. The molecule has 1 aromatic heterocycles. The van der Waals surface area contributed by atoms with Gasteiger partial charge >= 0.3 is 0 Å². The van der Waals surface area contributed by atoms with Crippen LogP contribution in [0.5, 0.6) is 0 Å². The van der Waals surface area contributed by atoms with Crippen LogP contribution in [0.1, 0.15) is 37.0 Å². The van der Waals surface area contributed by atoms with Crippen molar-refractivity contribution in [1.82, 2.24) is 15.0 Å². The molecule has 2 aromatic rings. The fraction of sp³-hybridized carbons (Fsp3) is 0.467. The van der Waals surface area contributed by atoms with E-state index in [1.165, 1.54) is 18.4 Å². The second-order valence-electron chi connectivity index (χ2n) is 5.22. The summed E-state index contributed by atoms with van der Waals surface area (Å²) in [5, 5.41) is 4.73. The van der Waals surface area contributed by atoms with E-state index in [2.05, 4.69) is 27.2 Å². The molecule has 1 aliphatic carbocycles. The molecule has 0 radical (unpaired) electrons. The van der Waals surface area contributed by atoms with Gasteiger partial charge in [0.2, 0.25) is 5.89 Å². The molecule has 106 valence electrons. The Balaban J connectivity index is 1.67. The molecule has 1 aromatic carbocycles. The monoisotopic (exact) mass is 291 g/mol. The lowest BCUT2D eigenvalue weighted by Crippen LogP contribution is -2.25.